The Morgan fingerprint density at radius 1 is 1.35 bits per heavy atom. The number of imidazole rings is 1. The molecule has 0 bridgehead atoms. The van der Waals surface area contributed by atoms with Crippen LogP contribution in [0.4, 0.5) is 0 Å². The maximum absolute atomic E-state index is 11.4. The average molecular weight is 333 g/mol. The van der Waals surface area contributed by atoms with E-state index < -0.39 is 9.05 Å². The van der Waals surface area contributed by atoms with E-state index in [1.807, 2.05) is 25.1 Å². The number of halogens is 2. The third-order valence-corrected chi connectivity index (χ3v) is 4.21. The minimum Gasteiger partial charge on any atom is -0.329 e. The molecule has 0 saturated heterocycles. The van der Waals surface area contributed by atoms with Crippen LogP contribution in [0.5, 0.6) is 0 Å². The molecule has 0 spiro atoms. The molecule has 0 radical (unpaired) electrons. The molecule has 1 aromatic heterocycles. The Labute approximate surface area is 127 Å². The van der Waals surface area contributed by atoms with E-state index in [9.17, 15) is 8.42 Å². The van der Waals surface area contributed by atoms with Crippen LogP contribution in [0.15, 0.2) is 35.5 Å². The van der Waals surface area contributed by atoms with Gasteiger partial charge in [0.15, 0.2) is 5.03 Å². The highest BCUT2D eigenvalue weighted by molar-refractivity contribution is 8.13. The standard InChI is InChI=1S/C13H14Cl2N2O2S/c1-2-4-12-16-13(20(15,18)19)9-17(12)8-10-5-3-6-11(14)7-10/h3,5-7,9H,2,4,8H2,1H3. The van der Waals surface area contributed by atoms with Crippen molar-refractivity contribution < 1.29 is 8.42 Å². The van der Waals surface area contributed by atoms with E-state index in [1.165, 1.54) is 6.20 Å². The first-order chi connectivity index (χ1) is 9.40. The molecule has 0 aliphatic heterocycles. The Balaban J connectivity index is 2.37. The fraction of sp³-hybridized carbons (Fsp3) is 0.308. The van der Waals surface area contributed by atoms with Crippen molar-refractivity contribution in [2.24, 2.45) is 0 Å². The number of aryl methyl sites for hydroxylation is 1. The molecule has 0 amide bonds. The number of nitrogens with zero attached hydrogens (tertiary/aromatic N) is 2. The van der Waals surface area contributed by atoms with Crippen molar-refractivity contribution in [3.05, 3.63) is 46.9 Å². The summed E-state index contributed by atoms with van der Waals surface area (Å²) in [4.78, 5) is 4.10. The molecule has 0 atom stereocenters. The van der Waals surface area contributed by atoms with Gasteiger partial charge in [0, 0.05) is 34.9 Å². The van der Waals surface area contributed by atoms with E-state index in [0.717, 1.165) is 12.0 Å². The molecule has 108 valence electrons. The fourth-order valence-electron chi connectivity index (χ4n) is 1.94. The molecular formula is C13H14Cl2N2O2S. The van der Waals surface area contributed by atoms with Crippen LogP contribution < -0.4 is 0 Å². The second-order valence-electron chi connectivity index (χ2n) is 4.44. The predicted molar refractivity (Wildman–Crippen MR) is 79.8 cm³/mol. The summed E-state index contributed by atoms with van der Waals surface area (Å²) in [5.74, 6) is 0.701. The maximum Gasteiger partial charge on any atom is 0.280 e. The van der Waals surface area contributed by atoms with E-state index >= 15 is 0 Å². The summed E-state index contributed by atoms with van der Waals surface area (Å²) in [6, 6.07) is 7.41. The molecule has 2 rings (SSSR count). The topological polar surface area (TPSA) is 52.0 Å². The van der Waals surface area contributed by atoms with Gasteiger partial charge in [-0.15, -0.1) is 0 Å². The van der Waals surface area contributed by atoms with Crippen molar-refractivity contribution in [1.29, 1.82) is 0 Å². The van der Waals surface area contributed by atoms with E-state index in [4.69, 9.17) is 22.3 Å². The van der Waals surface area contributed by atoms with Crippen LogP contribution >= 0.6 is 22.3 Å². The summed E-state index contributed by atoms with van der Waals surface area (Å²) in [6.45, 7) is 2.52. The molecule has 4 nitrogen and oxygen atoms in total. The van der Waals surface area contributed by atoms with Crippen LogP contribution in [-0.2, 0) is 22.0 Å². The monoisotopic (exact) mass is 332 g/mol. The lowest BCUT2D eigenvalue weighted by atomic mass is 10.2. The summed E-state index contributed by atoms with van der Waals surface area (Å²) in [5, 5.41) is 0.537. The smallest absolute Gasteiger partial charge is 0.280 e. The minimum atomic E-state index is -3.81. The highest BCUT2D eigenvalue weighted by Gasteiger charge is 2.17. The van der Waals surface area contributed by atoms with Crippen LogP contribution in [0.25, 0.3) is 0 Å². The fourth-order valence-corrected chi connectivity index (χ4v) is 2.84. The molecule has 1 heterocycles. The lowest BCUT2D eigenvalue weighted by Crippen LogP contribution is -2.04. The van der Waals surface area contributed by atoms with Gasteiger partial charge in [-0.2, -0.15) is 0 Å². The zero-order chi connectivity index (χ0) is 14.8. The Morgan fingerprint density at radius 3 is 2.70 bits per heavy atom. The van der Waals surface area contributed by atoms with Crippen molar-refractivity contribution >= 4 is 31.3 Å². The lowest BCUT2D eigenvalue weighted by molar-refractivity contribution is 0.606. The largest absolute Gasteiger partial charge is 0.329 e. The van der Waals surface area contributed by atoms with Crippen molar-refractivity contribution in [3.8, 4) is 0 Å². The first-order valence-corrected chi connectivity index (χ1v) is 8.84. The highest BCUT2D eigenvalue weighted by Crippen LogP contribution is 2.18. The molecule has 0 unspecified atom stereocenters. The number of benzene rings is 1. The van der Waals surface area contributed by atoms with Gasteiger partial charge in [0.1, 0.15) is 5.82 Å². The van der Waals surface area contributed by atoms with E-state index in [1.54, 1.807) is 10.6 Å². The molecule has 2 aromatic rings. The van der Waals surface area contributed by atoms with E-state index in [0.29, 0.717) is 23.8 Å². The molecule has 1 aromatic carbocycles. The lowest BCUT2D eigenvalue weighted by Gasteiger charge is -2.07. The van der Waals surface area contributed by atoms with Gasteiger partial charge in [-0.05, 0) is 24.1 Å². The van der Waals surface area contributed by atoms with Gasteiger partial charge >= 0.3 is 0 Å². The summed E-state index contributed by atoms with van der Waals surface area (Å²) in [5.41, 5.74) is 0.978. The second kappa shape index (κ2) is 6.16. The first kappa shape index (κ1) is 15.4. The maximum atomic E-state index is 11.4. The first-order valence-electron chi connectivity index (χ1n) is 6.15. The van der Waals surface area contributed by atoms with Crippen LogP contribution in [0.1, 0.15) is 24.7 Å². The van der Waals surface area contributed by atoms with Gasteiger partial charge in [-0.1, -0.05) is 30.7 Å². The summed E-state index contributed by atoms with van der Waals surface area (Å²) >= 11 is 5.95. The van der Waals surface area contributed by atoms with Crippen LogP contribution in [0.3, 0.4) is 0 Å². The van der Waals surface area contributed by atoms with Crippen molar-refractivity contribution in [1.82, 2.24) is 9.55 Å². The van der Waals surface area contributed by atoms with Crippen LogP contribution in [-0.4, -0.2) is 18.0 Å². The summed E-state index contributed by atoms with van der Waals surface area (Å²) in [6.07, 6.45) is 3.02. The number of rotatable bonds is 5. The van der Waals surface area contributed by atoms with Crippen molar-refractivity contribution in [2.75, 3.05) is 0 Å². The Bertz CT molecular complexity index is 711. The van der Waals surface area contributed by atoms with Gasteiger partial charge in [0.25, 0.3) is 9.05 Å². The minimum absolute atomic E-state index is 0.107. The SMILES string of the molecule is CCCc1nc(S(=O)(=O)Cl)cn1Cc1cccc(Cl)c1. The molecule has 7 heteroatoms. The Morgan fingerprint density at radius 2 is 2.10 bits per heavy atom. The van der Waals surface area contributed by atoms with E-state index in [2.05, 4.69) is 4.98 Å². The van der Waals surface area contributed by atoms with Gasteiger partial charge < -0.3 is 4.57 Å². The van der Waals surface area contributed by atoms with Crippen LogP contribution in [0, 0.1) is 0 Å². The zero-order valence-electron chi connectivity index (χ0n) is 10.9. The number of hydrogen-bond donors (Lipinski definition) is 0. The number of aromatic nitrogens is 2. The second-order valence-corrected chi connectivity index (χ2v) is 7.39. The third kappa shape index (κ3) is 3.75. The van der Waals surface area contributed by atoms with Gasteiger partial charge in [0.05, 0.1) is 0 Å². The number of hydrogen-bond acceptors (Lipinski definition) is 3. The Hall–Kier alpha value is -1.04. The van der Waals surface area contributed by atoms with Gasteiger partial charge in [-0.25, -0.2) is 13.4 Å². The molecule has 0 saturated carbocycles. The zero-order valence-corrected chi connectivity index (χ0v) is 13.2. The normalized spacial score (nSPS) is 11.8. The predicted octanol–water partition coefficient (Wildman–Crippen LogP) is 3.46. The average Bonchev–Trinajstić information content (AvgIpc) is 2.73. The third-order valence-electron chi connectivity index (χ3n) is 2.80. The van der Waals surface area contributed by atoms with Crippen molar-refractivity contribution in [2.45, 2.75) is 31.3 Å². The molecular weight excluding hydrogens is 319 g/mol. The molecule has 20 heavy (non-hydrogen) atoms. The van der Waals surface area contributed by atoms with Gasteiger partial charge in [-0.3, -0.25) is 0 Å². The Kier molecular flexibility index (Phi) is 4.73. The molecule has 0 fully saturated rings. The van der Waals surface area contributed by atoms with Gasteiger partial charge in [0.2, 0.25) is 0 Å². The molecule has 0 aliphatic rings. The van der Waals surface area contributed by atoms with E-state index in [-0.39, 0.29) is 5.03 Å². The summed E-state index contributed by atoms with van der Waals surface area (Å²) < 4.78 is 24.6. The van der Waals surface area contributed by atoms with Crippen molar-refractivity contribution in [3.63, 3.8) is 0 Å². The quantitative estimate of drug-likeness (QED) is 0.788. The molecule has 0 aliphatic carbocycles. The highest BCUT2D eigenvalue weighted by atomic mass is 35.7. The van der Waals surface area contributed by atoms with Crippen LogP contribution in [0.2, 0.25) is 5.02 Å². The molecule has 0 N–H and O–H groups in total. The summed E-state index contributed by atoms with van der Waals surface area (Å²) in [7, 11) is 1.54.